The Labute approximate surface area is 193 Å². The van der Waals surface area contributed by atoms with E-state index in [2.05, 4.69) is 0 Å². The number of benzene rings is 1. The van der Waals surface area contributed by atoms with Gasteiger partial charge in [-0.25, -0.2) is 14.6 Å². The highest BCUT2D eigenvalue weighted by molar-refractivity contribution is 5.90. The van der Waals surface area contributed by atoms with Gasteiger partial charge in [-0.15, -0.1) is 0 Å². The Morgan fingerprint density at radius 2 is 2.00 bits per heavy atom. The van der Waals surface area contributed by atoms with Crippen LogP contribution in [-0.4, -0.2) is 27.6 Å². The number of amides is 1. The van der Waals surface area contributed by atoms with Gasteiger partial charge in [0, 0.05) is 22.9 Å². The van der Waals surface area contributed by atoms with Crippen LogP contribution in [0.15, 0.2) is 29.1 Å². The molecule has 2 aliphatic rings. The fourth-order valence-electron chi connectivity index (χ4n) is 4.58. The van der Waals surface area contributed by atoms with Crippen LogP contribution in [0.25, 0.3) is 22.3 Å². The molecule has 4 heterocycles. The third-order valence-corrected chi connectivity index (χ3v) is 6.13. The van der Waals surface area contributed by atoms with E-state index in [0.29, 0.717) is 34.6 Å². The summed E-state index contributed by atoms with van der Waals surface area (Å²) in [4.78, 5) is 53.6. The van der Waals surface area contributed by atoms with Crippen molar-refractivity contribution < 1.29 is 28.6 Å². The number of cyclic esters (lactones) is 1. The molecule has 34 heavy (non-hydrogen) atoms. The number of aryl methyl sites for hydroxylation is 1. The Balaban J connectivity index is 1.70. The molecule has 0 fully saturated rings. The summed E-state index contributed by atoms with van der Waals surface area (Å²) in [6.07, 6.45) is -1.48. The van der Waals surface area contributed by atoms with E-state index in [1.807, 2.05) is 6.92 Å². The predicted octanol–water partition coefficient (Wildman–Crippen LogP) is 2.50. The molecule has 0 aliphatic carbocycles. The summed E-state index contributed by atoms with van der Waals surface area (Å²) in [6.45, 7) is 3.71. The highest BCUT2D eigenvalue weighted by atomic mass is 16.6. The van der Waals surface area contributed by atoms with Gasteiger partial charge in [0.15, 0.2) is 0 Å². The summed E-state index contributed by atoms with van der Waals surface area (Å²) in [7, 11) is 0. The van der Waals surface area contributed by atoms with Gasteiger partial charge in [-0.1, -0.05) is 13.8 Å². The number of pyridine rings is 2. The fourth-order valence-corrected chi connectivity index (χ4v) is 4.58. The normalized spacial score (nSPS) is 15.8. The van der Waals surface area contributed by atoms with E-state index in [1.165, 1.54) is 0 Å². The van der Waals surface area contributed by atoms with Crippen LogP contribution >= 0.6 is 0 Å². The standard InChI is InChI=1S/C24H21N3O7/c1-3-12-13-7-11(33-24(25)31)5-6-17(13)26-20-15(12)9-27-18(20)8-14-16(22(27)29)10-32-23(30)21(14)34-19(28)4-2/h5-8,21H,3-4,9-10H2,1-2H3,(H2,25,31)/t21-/m0/s1. The molecule has 174 valence electrons. The minimum Gasteiger partial charge on any atom is -0.458 e. The Bertz CT molecular complexity index is 1460. The topological polar surface area (TPSA) is 140 Å². The van der Waals surface area contributed by atoms with Gasteiger partial charge >= 0.3 is 18.0 Å². The number of aromatic nitrogens is 2. The minimum atomic E-state index is -1.29. The number of rotatable bonds is 4. The van der Waals surface area contributed by atoms with E-state index in [0.717, 1.165) is 16.5 Å². The molecule has 0 bridgehead atoms. The van der Waals surface area contributed by atoms with Crippen molar-refractivity contribution in [2.75, 3.05) is 0 Å². The number of carbonyl (C=O) groups excluding carboxylic acids is 3. The SMILES string of the molecule is CCC(=O)O[C@@H]1C(=O)OCc2c1cc1n(c2=O)Cc2c-1nc1ccc(OC(N)=O)cc1c2CC. The Kier molecular flexibility index (Phi) is 5.07. The maximum atomic E-state index is 13.4. The number of hydrogen-bond acceptors (Lipinski definition) is 8. The maximum Gasteiger partial charge on any atom is 0.409 e. The van der Waals surface area contributed by atoms with Crippen LogP contribution in [0.3, 0.4) is 0 Å². The van der Waals surface area contributed by atoms with Crippen LogP contribution in [0.4, 0.5) is 4.79 Å². The van der Waals surface area contributed by atoms with Gasteiger partial charge in [0.05, 0.1) is 29.0 Å². The van der Waals surface area contributed by atoms with Crippen molar-refractivity contribution in [3.63, 3.8) is 0 Å². The number of ether oxygens (including phenoxy) is 3. The Hall–Kier alpha value is -4.21. The molecule has 0 saturated carbocycles. The summed E-state index contributed by atoms with van der Waals surface area (Å²) >= 11 is 0. The molecule has 1 amide bonds. The molecule has 1 atom stereocenters. The average molecular weight is 463 g/mol. The number of fused-ring (bicyclic) bond motifs is 5. The van der Waals surface area contributed by atoms with Gasteiger partial charge < -0.3 is 24.5 Å². The van der Waals surface area contributed by atoms with Gasteiger partial charge in [-0.05, 0) is 36.2 Å². The lowest BCUT2D eigenvalue weighted by atomic mass is 9.97. The smallest absolute Gasteiger partial charge is 0.409 e. The van der Waals surface area contributed by atoms with Crippen molar-refractivity contribution in [3.05, 3.63) is 56.9 Å². The number of nitrogens with zero attached hydrogens (tertiary/aromatic N) is 2. The third kappa shape index (κ3) is 3.30. The molecular weight excluding hydrogens is 442 g/mol. The van der Waals surface area contributed by atoms with Gasteiger partial charge in [-0.2, -0.15) is 0 Å². The summed E-state index contributed by atoms with van der Waals surface area (Å²) in [6, 6.07) is 6.71. The van der Waals surface area contributed by atoms with Crippen LogP contribution in [0.2, 0.25) is 0 Å². The molecule has 0 radical (unpaired) electrons. The van der Waals surface area contributed by atoms with Crippen LogP contribution in [0.5, 0.6) is 5.75 Å². The Morgan fingerprint density at radius 1 is 1.21 bits per heavy atom. The molecule has 5 rings (SSSR count). The second kappa shape index (κ2) is 7.98. The molecule has 2 aliphatic heterocycles. The summed E-state index contributed by atoms with van der Waals surface area (Å²) in [5, 5.41) is 0.791. The van der Waals surface area contributed by atoms with E-state index in [9.17, 15) is 19.2 Å². The van der Waals surface area contributed by atoms with Gasteiger partial charge in [0.1, 0.15) is 12.4 Å². The zero-order valence-corrected chi connectivity index (χ0v) is 18.5. The fraction of sp³-hybridized carbons (Fsp3) is 0.292. The van der Waals surface area contributed by atoms with Crippen molar-refractivity contribution >= 4 is 28.9 Å². The van der Waals surface area contributed by atoms with E-state index in [1.54, 1.807) is 35.8 Å². The van der Waals surface area contributed by atoms with Crippen molar-refractivity contribution in [3.8, 4) is 17.1 Å². The van der Waals surface area contributed by atoms with E-state index >= 15 is 0 Å². The van der Waals surface area contributed by atoms with Gasteiger partial charge in [0.2, 0.25) is 6.10 Å². The highest BCUT2D eigenvalue weighted by Gasteiger charge is 2.37. The first-order valence-electron chi connectivity index (χ1n) is 10.9. The van der Waals surface area contributed by atoms with Crippen molar-refractivity contribution in [2.24, 2.45) is 5.73 Å². The molecule has 0 spiro atoms. The first-order valence-corrected chi connectivity index (χ1v) is 10.9. The average Bonchev–Trinajstić information content (AvgIpc) is 3.17. The number of nitrogens with two attached hydrogens (primary N) is 1. The van der Waals surface area contributed by atoms with Crippen LogP contribution in [0, 0.1) is 0 Å². The van der Waals surface area contributed by atoms with E-state index in [-0.39, 0.29) is 30.7 Å². The van der Waals surface area contributed by atoms with Crippen LogP contribution < -0.4 is 16.0 Å². The summed E-state index contributed by atoms with van der Waals surface area (Å²) in [5.74, 6) is -0.974. The van der Waals surface area contributed by atoms with Crippen molar-refractivity contribution in [1.82, 2.24) is 9.55 Å². The molecule has 2 N–H and O–H groups in total. The van der Waals surface area contributed by atoms with E-state index < -0.39 is 24.1 Å². The van der Waals surface area contributed by atoms with Crippen LogP contribution in [0.1, 0.15) is 48.6 Å². The monoisotopic (exact) mass is 463 g/mol. The summed E-state index contributed by atoms with van der Waals surface area (Å²) in [5.41, 5.74) is 9.06. The molecule has 1 aromatic carbocycles. The first kappa shape index (κ1) is 21.6. The van der Waals surface area contributed by atoms with Gasteiger partial charge in [-0.3, -0.25) is 9.59 Å². The molecule has 3 aromatic rings. The molecule has 10 nitrogen and oxygen atoms in total. The lowest BCUT2D eigenvalue weighted by molar-refractivity contribution is -0.171. The number of carbonyl (C=O) groups is 3. The maximum absolute atomic E-state index is 13.4. The second-order valence-electron chi connectivity index (χ2n) is 8.06. The van der Waals surface area contributed by atoms with E-state index in [4.69, 9.17) is 24.9 Å². The number of hydrogen-bond donors (Lipinski definition) is 1. The lowest BCUT2D eigenvalue weighted by Gasteiger charge is -2.24. The molecule has 2 aromatic heterocycles. The molecule has 0 saturated heterocycles. The van der Waals surface area contributed by atoms with Crippen molar-refractivity contribution in [2.45, 2.75) is 45.9 Å². The molecule has 0 unspecified atom stereocenters. The largest absolute Gasteiger partial charge is 0.458 e. The molecular formula is C24H21N3O7. The summed E-state index contributed by atoms with van der Waals surface area (Å²) < 4.78 is 17.1. The third-order valence-electron chi connectivity index (χ3n) is 6.13. The van der Waals surface area contributed by atoms with Crippen LogP contribution in [-0.2, 0) is 38.6 Å². The molecule has 10 heteroatoms. The number of primary amides is 1. The van der Waals surface area contributed by atoms with Crippen molar-refractivity contribution in [1.29, 1.82) is 0 Å². The quantitative estimate of drug-likeness (QED) is 0.455. The minimum absolute atomic E-state index is 0.0841. The first-order chi connectivity index (χ1) is 16.3. The zero-order valence-electron chi connectivity index (χ0n) is 18.5. The predicted molar refractivity (Wildman–Crippen MR) is 119 cm³/mol. The Morgan fingerprint density at radius 3 is 2.71 bits per heavy atom. The van der Waals surface area contributed by atoms with Gasteiger partial charge in [0.25, 0.3) is 5.56 Å². The number of esters is 2. The second-order valence-corrected chi connectivity index (χ2v) is 8.06. The zero-order chi connectivity index (χ0) is 24.1. The highest BCUT2D eigenvalue weighted by Crippen LogP contribution is 2.39. The lowest BCUT2D eigenvalue weighted by Crippen LogP contribution is -2.34.